The van der Waals surface area contributed by atoms with E-state index >= 15 is 0 Å². The summed E-state index contributed by atoms with van der Waals surface area (Å²) in [5.41, 5.74) is 0.442. The Labute approximate surface area is 178 Å². The van der Waals surface area contributed by atoms with E-state index in [-0.39, 0.29) is 36.6 Å². The summed E-state index contributed by atoms with van der Waals surface area (Å²) in [6.45, 7) is 0.638. The van der Waals surface area contributed by atoms with Crippen LogP contribution in [-0.2, 0) is 14.8 Å². The van der Waals surface area contributed by atoms with Crippen LogP contribution in [0.25, 0.3) is 0 Å². The van der Waals surface area contributed by atoms with Crippen molar-refractivity contribution >= 4 is 44.8 Å². The number of rotatable bonds is 4. The number of nitrogens with one attached hydrogen (secondary N) is 1. The lowest BCUT2D eigenvalue weighted by atomic mass is 9.97. The van der Waals surface area contributed by atoms with Crippen LogP contribution < -0.4 is 14.8 Å². The van der Waals surface area contributed by atoms with Crippen LogP contribution in [0.5, 0.6) is 11.5 Å². The van der Waals surface area contributed by atoms with Gasteiger partial charge in [-0.1, -0.05) is 23.2 Å². The SMILES string of the molecule is O=C(Nc1cc2c(cc1Cl)OCO2)C1CCN(S(=O)(=O)c2ccc(Cl)cc2)CC1. The maximum atomic E-state index is 12.8. The van der Waals surface area contributed by atoms with E-state index in [2.05, 4.69) is 5.32 Å². The number of hydrogen-bond donors (Lipinski definition) is 1. The number of hydrogen-bond acceptors (Lipinski definition) is 5. The van der Waals surface area contributed by atoms with Gasteiger partial charge >= 0.3 is 0 Å². The van der Waals surface area contributed by atoms with Crippen molar-refractivity contribution in [1.82, 2.24) is 4.31 Å². The van der Waals surface area contributed by atoms with Crippen molar-refractivity contribution in [3.05, 3.63) is 46.4 Å². The smallest absolute Gasteiger partial charge is 0.243 e. The van der Waals surface area contributed by atoms with Crippen LogP contribution in [0, 0.1) is 5.92 Å². The van der Waals surface area contributed by atoms with E-state index in [1.807, 2.05) is 0 Å². The molecule has 0 saturated carbocycles. The van der Waals surface area contributed by atoms with Crippen molar-refractivity contribution in [2.24, 2.45) is 5.92 Å². The molecule has 10 heteroatoms. The van der Waals surface area contributed by atoms with Crippen LogP contribution in [0.15, 0.2) is 41.3 Å². The Hall–Kier alpha value is -2.00. The van der Waals surface area contributed by atoms with Crippen LogP contribution in [-0.4, -0.2) is 38.5 Å². The van der Waals surface area contributed by atoms with Gasteiger partial charge in [-0.3, -0.25) is 4.79 Å². The molecule has 0 unspecified atom stereocenters. The van der Waals surface area contributed by atoms with Crippen LogP contribution in [0.1, 0.15) is 12.8 Å². The highest BCUT2D eigenvalue weighted by molar-refractivity contribution is 7.89. The first-order chi connectivity index (χ1) is 13.8. The Kier molecular flexibility index (Phi) is 5.61. The van der Waals surface area contributed by atoms with E-state index < -0.39 is 10.0 Å². The van der Waals surface area contributed by atoms with Crippen molar-refractivity contribution in [1.29, 1.82) is 0 Å². The number of fused-ring (bicyclic) bond motifs is 1. The molecule has 2 aliphatic heterocycles. The molecule has 2 aromatic carbocycles. The average Bonchev–Trinajstić information content (AvgIpc) is 3.15. The van der Waals surface area contributed by atoms with Gasteiger partial charge in [0.1, 0.15) is 0 Å². The van der Waals surface area contributed by atoms with Crippen molar-refractivity contribution in [2.45, 2.75) is 17.7 Å². The fraction of sp³-hybridized carbons (Fsp3) is 0.316. The largest absolute Gasteiger partial charge is 0.454 e. The molecule has 2 aliphatic rings. The third kappa shape index (κ3) is 4.16. The van der Waals surface area contributed by atoms with Crippen LogP contribution in [0.4, 0.5) is 5.69 Å². The number of benzene rings is 2. The van der Waals surface area contributed by atoms with Crippen molar-refractivity contribution in [2.75, 3.05) is 25.2 Å². The van der Waals surface area contributed by atoms with Gasteiger partial charge in [-0.2, -0.15) is 4.31 Å². The monoisotopic (exact) mass is 456 g/mol. The molecule has 4 rings (SSSR count). The Morgan fingerprint density at radius 1 is 1.03 bits per heavy atom. The predicted octanol–water partition coefficient (Wildman–Crippen LogP) is 3.76. The number of amides is 1. The van der Waals surface area contributed by atoms with E-state index in [1.165, 1.54) is 16.4 Å². The summed E-state index contributed by atoms with van der Waals surface area (Å²) in [5, 5.41) is 3.64. The van der Waals surface area contributed by atoms with E-state index in [1.54, 1.807) is 24.3 Å². The van der Waals surface area contributed by atoms with Gasteiger partial charge in [-0.25, -0.2) is 8.42 Å². The minimum Gasteiger partial charge on any atom is -0.454 e. The Morgan fingerprint density at radius 3 is 2.31 bits per heavy atom. The fourth-order valence-corrected chi connectivity index (χ4v) is 5.16. The van der Waals surface area contributed by atoms with Gasteiger partial charge in [0.15, 0.2) is 11.5 Å². The number of nitrogens with zero attached hydrogens (tertiary/aromatic N) is 1. The number of anilines is 1. The second kappa shape index (κ2) is 8.02. The van der Waals surface area contributed by atoms with Gasteiger partial charge in [0.05, 0.1) is 15.6 Å². The molecule has 0 atom stereocenters. The molecule has 0 aromatic heterocycles. The van der Waals surface area contributed by atoms with Gasteiger partial charge in [-0.05, 0) is 37.1 Å². The highest BCUT2D eigenvalue weighted by Crippen LogP contribution is 2.39. The highest BCUT2D eigenvalue weighted by atomic mass is 35.5. The van der Waals surface area contributed by atoms with E-state index in [0.29, 0.717) is 40.1 Å². The maximum absolute atomic E-state index is 12.8. The summed E-state index contributed by atoms with van der Waals surface area (Å²) < 4.78 is 37.5. The Balaban J connectivity index is 1.39. The molecule has 0 bridgehead atoms. The first kappa shape index (κ1) is 20.3. The molecule has 2 heterocycles. The summed E-state index contributed by atoms with van der Waals surface area (Å²) >= 11 is 12.0. The molecular weight excluding hydrogens is 439 g/mol. The number of piperidine rings is 1. The minimum absolute atomic E-state index is 0.115. The van der Waals surface area contributed by atoms with Gasteiger partial charge in [0.25, 0.3) is 0 Å². The number of carbonyl (C=O) groups is 1. The van der Waals surface area contributed by atoms with Gasteiger partial charge in [0, 0.05) is 36.2 Å². The summed E-state index contributed by atoms with van der Waals surface area (Å²) in [5.74, 6) is 0.546. The predicted molar refractivity (Wildman–Crippen MR) is 109 cm³/mol. The number of halogens is 2. The molecule has 7 nitrogen and oxygen atoms in total. The highest BCUT2D eigenvalue weighted by Gasteiger charge is 2.32. The molecule has 29 heavy (non-hydrogen) atoms. The molecule has 2 aromatic rings. The lowest BCUT2D eigenvalue weighted by molar-refractivity contribution is -0.120. The molecular formula is C19H18Cl2N2O5S. The van der Waals surface area contributed by atoms with E-state index in [9.17, 15) is 13.2 Å². The van der Waals surface area contributed by atoms with Gasteiger partial charge in [0.2, 0.25) is 22.7 Å². The standard InChI is InChI=1S/C19H18Cl2N2O5S/c20-13-1-3-14(4-2-13)29(25,26)23-7-5-12(6-8-23)19(24)22-16-10-18-17(9-15(16)21)27-11-28-18/h1-4,9-10,12H,5-8,11H2,(H,22,24). The molecule has 1 N–H and O–H groups in total. The zero-order valence-electron chi connectivity index (χ0n) is 15.2. The summed E-state index contributed by atoms with van der Waals surface area (Å²) in [7, 11) is -3.61. The Morgan fingerprint density at radius 2 is 1.66 bits per heavy atom. The zero-order chi connectivity index (χ0) is 20.6. The second-order valence-electron chi connectivity index (χ2n) is 6.81. The van der Waals surface area contributed by atoms with Crippen molar-refractivity contribution in [3.8, 4) is 11.5 Å². The summed E-state index contributed by atoms with van der Waals surface area (Å²) in [4.78, 5) is 12.9. The molecule has 154 valence electrons. The third-order valence-corrected chi connectivity index (χ3v) is 7.47. The van der Waals surface area contributed by atoms with Crippen molar-refractivity contribution < 1.29 is 22.7 Å². The summed E-state index contributed by atoms with van der Waals surface area (Å²) in [6, 6.07) is 9.28. The lowest BCUT2D eigenvalue weighted by Crippen LogP contribution is -2.41. The van der Waals surface area contributed by atoms with E-state index in [0.717, 1.165) is 0 Å². The first-order valence-electron chi connectivity index (χ1n) is 9.00. The molecule has 1 saturated heterocycles. The van der Waals surface area contributed by atoms with Crippen molar-refractivity contribution in [3.63, 3.8) is 0 Å². The maximum Gasteiger partial charge on any atom is 0.243 e. The topological polar surface area (TPSA) is 84.9 Å². The zero-order valence-corrected chi connectivity index (χ0v) is 17.6. The van der Waals surface area contributed by atoms with Gasteiger partial charge < -0.3 is 14.8 Å². The fourth-order valence-electron chi connectivity index (χ4n) is 3.36. The Bertz CT molecular complexity index is 1040. The van der Waals surface area contributed by atoms with Crippen LogP contribution >= 0.6 is 23.2 Å². The van der Waals surface area contributed by atoms with Crippen LogP contribution in [0.2, 0.25) is 10.0 Å². The number of ether oxygens (including phenoxy) is 2. The molecule has 0 radical (unpaired) electrons. The summed E-state index contributed by atoms with van der Waals surface area (Å²) in [6.07, 6.45) is 0.835. The molecule has 0 spiro atoms. The molecule has 1 amide bonds. The second-order valence-corrected chi connectivity index (χ2v) is 9.59. The van der Waals surface area contributed by atoms with Crippen LogP contribution in [0.3, 0.4) is 0 Å². The first-order valence-corrected chi connectivity index (χ1v) is 11.2. The average molecular weight is 457 g/mol. The number of carbonyl (C=O) groups excluding carboxylic acids is 1. The van der Waals surface area contributed by atoms with E-state index in [4.69, 9.17) is 32.7 Å². The molecule has 1 fully saturated rings. The number of sulfonamides is 1. The molecule has 0 aliphatic carbocycles. The quantitative estimate of drug-likeness (QED) is 0.756. The third-order valence-electron chi connectivity index (χ3n) is 5.00. The lowest BCUT2D eigenvalue weighted by Gasteiger charge is -2.30. The van der Waals surface area contributed by atoms with Gasteiger partial charge in [-0.15, -0.1) is 0 Å². The normalized spacial score (nSPS) is 17.3. The minimum atomic E-state index is -3.61.